The molecule has 0 heterocycles. The number of hydrogen-bond donors (Lipinski definition) is 0. The number of carbonyl (C=O) groups is 2. The maximum atomic E-state index is 12.3. The zero-order valence-electron chi connectivity index (χ0n) is 13.4. The lowest BCUT2D eigenvalue weighted by Gasteiger charge is -2.14. The van der Waals surface area contributed by atoms with Crippen molar-refractivity contribution >= 4 is 21.8 Å². The summed E-state index contributed by atoms with van der Waals surface area (Å²) in [7, 11) is -1.30. The van der Waals surface area contributed by atoms with Crippen LogP contribution in [0, 0.1) is 12.8 Å². The largest absolute Gasteiger partial charge is 0.468 e. The SMILES string of the molecule is C=C(CC(C(=O)OC)C(=O)OC)CS(=O)(=O)c1ccc(C)cc1. The van der Waals surface area contributed by atoms with Gasteiger partial charge in [-0.05, 0) is 25.5 Å². The minimum atomic E-state index is -3.59. The number of rotatable bonds is 7. The van der Waals surface area contributed by atoms with Gasteiger partial charge in [0.2, 0.25) is 0 Å². The molecular formula is C16H20O6S. The smallest absolute Gasteiger partial charge is 0.320 e. The monoisotopic (exact) mass is 340 g/mol. The van der Waals surface area contributed by atoms with Crippen LogP contribution < -0.4 is 0 Å². The molecule has 1 rings (SSSR count). The molecule has 0 N–H and O–H groups in total. The van der Waals surface area contributed by atoms with Gasteiger partial charge >= 0.3 is 11.9 Å². The molecule has 0 amide bonds. The Balaban J connectivity index is 2.87. The van der Waals surface area contributed by atoms with Crippen LogP contribution in [-0.4, -0.2) is 40.3 Å². The molecule has 1 aromatic rings. The van der Waals surface area contributed by atoms with Crippen molar-refractivity contribution in [3.05, 3.63) is 42.0 Å². The molecule has 0 aliphatic carbocycles. The van der Waals surface area contributed by atoms with Crippen LogP contribution in [0.4, 0.5) is 0 Å². The lowest BCUT2D eigenvalue weighted by molar-refractivity contribution is -0.158. The molecule has 7 heteroatoms. The summed E-state index contributed by atoms with van der Waals surface area (Å²) in [5.41, 5.74) is 1.17. The molecule has 0 saturated carbocycles. The zero-order valence-corrected chi connectivity index (χ0v) is 14.2. The zero-order chi connectivity index (χ0) is 17.6. The summed E-state index contributed by atoms with van der Waals surface area (Å²) < 4.78 is 33.7. The second kappa shape index (κ2) is 7.92. The fourth-order valence-electron chi connectivity index (χ4n) is 1.99. The summed E-state index contributed by atoms with van der Waals surface area (Å²) in [4.78, 5) is 23.4. The van der Waals surface area contributed by atoms with Gasteiger partial charge in [-0.1, -0.05) is 29.8 Å². The molecule has 0 fully saturated rings. The van der Waals surface area contributed by atoms with Crippen LogP contribution in [0.25, 0.3) is 0 Å². The average molecular weight is 340 g/mol. The fourth-order valence-corrected chi connectivity index (χ4v) is 3.37. The summed E-state index contributed by atoms with van der Waals surface area (Å²) in [6, 6.07) is 6.41. The lowest BCUT2D eigenvalue weighted by atomic mass is 10.0. The predicted molar refractivity (Wildman–Crippen MR) is 84.5 cm³/mol. The van der Waals surface area contributed by atoms with Gasteiger partial charge in [0, 0.05) is 0 Å². The third-order valence-corrected chi connectivity index (χ3v) is 5.02. The van der Waals surface area contributed by atoms with E-state index >= 15 is 0 Å². The van der Waals surface area contributed by atoms with Gasteiger partial charge in [0.25, 0.3) is 0 Å². The van der Waals surface area contributed by atoms with Crippen molar-refractivity contribution in [1.82, 2.24) is 0 Å². The number of methoxy groups -OCH3 is 2. The molecule has 0 unspecified atom stereocenters. The highest BCUT2D eigenvalue weighted by atomic mass is 32.2. The highest BCUT2D eigenvalue weighted by Crippen LogP contribution is 2.20. The van der Waals surface area contributed by atoms with Crippen LogP contribution in [0.2, 0.25) is 0 Å². The van der Waals surface area contributed by atoms with Crippen molar-refractivity contribution in [1.29, 1.82) is 0 Å². The number of hydrogen-bond acceptors (Lipinski definition) is 6. The predicted octanol–water partition coefficient (Wildman–Crippen LogP) is 1.68. The lowest BCUT2D eigenvalue weighted by Crippen LogP contribution is -2.27. The number of ether oxygens (including phenoxy) is 2. The summed E-state index contributed by atoms with van der Waals surface area (Å²) in [5.74, 6) is -3.15. The van der Waals surface area contributed by atoms with Gasteiger partial charge in [-0.25, -0.2) is 8.42 Å². The molecule has 0 spiro atoms. The minimum absolute atomic E-state index is 0.148. The highest BCUT2D eigenvalue weighted by Gasteiger charge is 2.30. The van der Waals surface area contributed by atoms with E-state index in [2.05, 4.69) is 16.1 Å². The van der Waals surface area contributed by atoms with E-state index in [9.17, 15) is 18.0 Å². The maximum Gasteiger partial charge on any atom is 0.320 e. The van der Waals surface area contributed by atoms with E-state index in [1.54, 1.807) is 12.1 Å². The first-order valence-electron chi connectivity index (χ1n) is 6.83. The van der Waals surface area contributed by atoms with Gasteiger partial charge in [-0.2, -0.15) is 0 Å². The van der Waals surface area contributed by atoms with Gasteiger partial charge in [0.05, 0.1) is 24.9 Å². The Morgan fingerprint density at radius 2 is 1.57 bits per heavy atom. The molecule has 0 radical (unpaired) electrons. The number of benzene rings is 1. The van der Waals surface area contributed by atoms with Gasteiger partial charge in [-0.3, -0.25) is 9.59 Å². The second-order valence-electron chi connectivity index (χ2n) is 5.13. The van der Waals surface area contributed by atoms with Crippen molar-refractivity contribution in [2.45, 2.75) is 18.2 Å². The second-order valence-corrected chi connectivity index (χ2v) is 7.11. The van der Waals surface area contributed by atoms with E-state index in [0.717, 1.165) is 19.8 Å². The molecule has 0 aliphatic rings. The van der Waals surface area contributed by atoms with E-state index in [4.69, 9.17) is 0 Å². The number of esters is 2. The van der Waals surface area contributed by atoms with Crippen molar-refractivity contribution in [3.8, 4) is 0 Å². The first kappa shape index (κ1) is 18.9. The van der Waals surface area contributed by atoms with Gasteiger partial charge in [0.15, 0.2) is 15.8 Å². The van der Waals surface area contributed by atoms with Crippen molar-refractivity contribution < 1.29 is 27.5 Å². The molecule has 23 heavy (non-hydrogen) atoms. The van der Waals surface area contributed by atoms with Gasteiger partial charge in [0.1, 0.15) is 0 Å². The Hall–Kier alpha value is -2.15. The Bertz CT molecular complexity index is 672. The molecule has 6 nitrogen and oxygen atoms in total. The van der Waals surface area contributed by atoms with Crippen LogP contribution in [0.3, 0.4) is 0 Å². The van der Waals surface area contributed by atoms with Crippen LogP contribution in [0.1, 0.15) is 12.0 Å². The number of aryl methyl sites for hydroxylation is 1. The third kappa shape index (κ3) is 5.21. The number of carbonyl (C=O) groups excluding carboxylic acids is 2. The maximum absolute atomic E-state index is 12.3. The van der Waals surface area contributed by atoms with Crippen LogP contribution >= 0.6 is 0 Å². The van der Waals surface area contributed by atoms with Crippen molar-refractivity contribution in [3.63, 3.8) is 0 Å². The first-order chi connectivity index (χ1) is 10.7. The van der Waals surface area contributed by atoms with E-state index in [-0.39, 0.29) is 22.6 Å². The molecule has 0 saturated heterocycles. The van der Waals surface area contributed by atoms with E-state index in [1.807, 2.05) is 6.92 Å². The summed E-state index contributed by atoms with van der Waals surface area (Å²) in [5, 5.41) is 0. The molecular weight excluding hydrogens is 320 g/mol. The standard InChI is InChI=1S/C16H20O6S/c1-11-5-7-13(8-6-11)23(19,20)10-12(2)9-14(15(17)21-3)16(18)22-4/h5-8,14H,2,9-10H2,1,3-4H3. The average Bonchev–Trinajstić information content (AvgIpc) is 2.51. The quantitative estimate of drug-likeness (QED) is 0.426. The van der Waals surface area contributed by atoms with Crippen molar-refractivity contribution in [2.75, 3.05) is 20.0 Å². The van der Waals surface area contributed by atoms with Gasteiger partial charge < -0.3 is 9.47 Å². The minimum Gasteiger partial charge on any atom is -0.468 e. The number of sulfone groups is 1. The highest BCUT2D eigenvalue weighted by molar-refractivity contribution is 7.91. The topological polar surface area (TPSA) is 86.7 Å². The first-order valence-corrected chi connectivity index (χ1v) is 8.48. The van der Waals surface area contributed by atoms with Crippen LogP contribution in [0.5, 0.6) is 0 Å². The Labute approximate surface area is 136 Å². The van der Waals surface area contributed by atoms with Gasteiger partial charge in [-0.15, -0.1) is 0 Å². The normalized spacial score (nSPS) is 11.1. The Morgan fingerprint density at radius 3 is 2.00 bits per heavy atom. The van der Waals surface area contributed by atoms with E-state index < -0.39 is 27.7 Å². The molecule has 0 atom stereocenters. The van der Waals surface area contributed by atoms with E-state index in [0.29, 0.717) is 0 Å². The fraction of sp³-hybridized carbons (Fsp3) is 0.375. The van der Waals surface area contributed by atoms with Crippen LogP contribution in [-0.2, 0) is 28.9 Å². The Kier molecular flexibility index (Phi) is 6.50. The summed E-state index contributed by atoms with van der Waals surface area (Å²) in [6.45, 7) is 5.52. The van der Waals surface area contributed by atoms with E-state index in [1.165, 1.54) is 12.1 Å². The molecule has 126 valence electrons. The third-order valence-electron chi connectivity index (χ3n) is 3.24. The molecule has 1 aromatic carbocycles. The van der Waals surface area contributed by atoms with Crippen LogP contribution in [0.15, 0.2) is 41.3 Å². The molecule has 0 aliphatic heterocycles. The molecule has 0 aromatic heterocycles. The summed E-state index contributed by atoms with van der Waals surface area (Å²) >= 11 is 0. The molecule has 0 bridgehead atoms. The summed E-state index contributed by atoms with van der Waals surface area (Å²) in [6.07, 6.45) is -0.148. The van der Waals surface area contributed by atoms with Crippen molar-refractivity contribution in [2.24, 2.45) is 5.92 Å². The Morgan fingerprint density at radius 1 is 1.09 bits per heavy atom.